The van der Waals surface area contributed by atoms with Crippen molar-refractivity contribution in [2.45, 2.75) is 71.7 Å². The first-order valence-corrected chi connectivity index (χ1v) is 12.2. The third kappa shape index (κ3) is 6.26. The largest absolute Gasteiger partial charge is 0.476 e. The number of hydrogen-bond acceptors (Lipinski definition) is 7. The standard InChI is InChI=1S/C27H33ClO7/c1-15(8-7-13-32-18(4)29)22-16(2)14-21-23(17(3)25(30)33-21)24(22)34-26(31)27(5,6)35-20-11-9-19(28)10-12-20/h9-12,15,21,23-24H,3,7-8,13-14H2,1-2,4-6H3. The second kappa shape index (κ2) is 10.9. The molecule has 190 valence electrons. The maximum absolute atomic E-state index is 13.4. The van der Waals surface area contributed by atoms with E-state index in [1.165, 1.54) is 6.92 Å². The minimum atomic E-state index is -1.30. The molecule has 1 saturated heterocycles. The monoisotopic (exact) mass is 504 g/mol. The van der Waals surface area contributed by atoms with Crippen molar-refractivity contribution >= 4 is 29.5 Å². The minimum Gasteiger partial charge on any atom is -0.476 e. The normalized spacial score (nSPS) is 22.9. The van der Waals surface area contributed by atoms with Gasteiger partial charge in [0, 0.05) is 23.9 Å². The van der Waals surface area contributed by atoms with Crippen LogP contribution >= 0.6 is 11.6 Å². The number of ether oxygens (including phenoxy) is 4. The van der Waals surface area contributed by atoms with E-state index in [1.54, 1.807) is 38.1 Å². The molecule has 0 spiro atoms. The molecule has 0 aromatic heterocycles. The fraction of sp³-hybridized carbons (Fsp3) is 0.519. The zero-order chi connectivity index (χ0) is 25.9. The van der Waals surface area contributed by atoms with Crippen LogP contribution in [-0.2, 0) is 28.6 Å². The van der Waals surface area contributed by atoms with Crippen LogP contribution in [0.25, 0.3) is 0 Å². The molecule has 1 aliphatic heterocycles. The van der Waals surface area contributed by atoms with Gasteiger partial charge in [0.1, 0.15) is 18.0 Å². The van der Waals surface area contributed by atoms with E-state index in [2.05, 4.69) is 6.58 Å². The lowest BCUT2D eigenvalue weighted by Gasteiger charge is -2.39. The summed E-state index contributed by atoms with van der Waals surface area (Å²) in [5.74, 6) is -1.31. The van der Waals surface area contributed by atoms with Gasteiger partial charge in [0.05, 0.1) is 12.5 Å². The van der Waals surface area contributed by atoms with Crippen molar-refractivity contribution in [3.8, 4) is 5.75 Å². The van der Waals surface area contributed by atoms with Crippen molar-refractivity contribution in [2.75, 3.05) is 6.61 Å². The Kier molecular flexibility index (Phi) is 8.31. The Morgan fingerprint density at radius 3 is 2.54 bits per heavy atom. The first kappa shape index (κ1) is 26.8. The Balaban J connectivity index is 1.83. The maximum Gasteiger partial charge on any atom is 0.350 e. The van der Waals surface area contributed by atoms with Crippen LogP contribution in [0.2, 0.25) is 5.02 Å². The molecule has 3 rings (SSSR count). The first-order valence-electron chi connectivity index (χ1n) is 11.8. The summed E-state index contributed by atoms with van der Waals surface area (Å²) >= 11 is 5.95. The molecular weight excluding hydrogens is 472 g/mol. The van der Waals surface area contributed by atoms with Crippen LogP contribution < -0.4 is 4.74 Å². The van der Waals surface area contributed by atoms with Crippen LogP contribution in [0.15, 0.2) is 47.6 Å². The minimum absolute atomic E-state index is 0.0214. The fourth-order valence-electron chi connectivity index (χ4n) is 4.74. The van der Waals surface area contributed by atoms with Crippen LogP contribution in [0.4, 0.5) is 0 Å². The molecule has 2 aliphatic rings. The van der Waals surface area contributed by atoms with Gasteiger partial charge in [0.15, 0.2) is 5.60 Å². The van der Waals surface area contributed by atoms with E-state index in [-0.39, 0.29) is 11.9 Å². The van der Waals surface area contributed by atoms with Gasteiger partial charge in [-0.1, -0.05) is 30.7 Å². The number of carbonyl (C=O) groups excluding carboxylic acids is 3. The highest BCUT2D eigenvalue weighted by Crippen LogP contribution is 2.45. The molecule has 0 N–H and O–H groups in total. The summed E-state index contributed by atoms with van der Waals surface area (Å²) in [4.78, 5) is 36.8. The summed E-state index contributed by atoms with van der Waals surface area (Å²) < 4.78 is 22.6. The molecule has 0 radical (unpaired) electrons. The number of carbonyl (C=O) groups is 3. The van der Waals surface area contributed by atoms with E-state index in [0.717, 1.165) is 17.6 Å². The smallest absolute Gasteiger partial charge is 0.350 e. The van der Waals surface area contributed by atoms with Crippen LogP contribution in [0.5, 0.6) is 5.75 Å². The maximum atomic E-state index is 13.4. The summed E-state index contributed by atoms with van der Waals surface area (Å²) in [6.45, 7) is 12.9. The molecule has 1 aliphatic carbocycles. The van der Waals surface area contributed by atoms with Crippen LogP contribution in [-0.4, -0.2) is 42.3 Å². The van der Waals surface area contributed by atoms with Crippen molar-refractivity contribution in [3.63, 3.8) is 0 Å². The third-order valence-electron chi connectivity index (χ3n) is 6.49. The molecule has 1 fully saturated rings. The van der Waals surface area contributed by atoms with Crippen molar-refractivity contribution < 1.29 is 33.3 Å². The Morgan fingerprint density at radius 1 is 1.26 bits per heavy atom. The summed E-state index contributed by atoms with van der Waals surface area (Å²) in [6, 6.07) is 6.72. The molecule has 8 heteroatoms. The zero-order valence-electron chi connectivity index (χ0n) is 20.9. The molecule has 0 bridgehead atoms. The number of fused-ring (bicyclic) bond motifs is 1. The summed E-state index contributed by atoms with van der Waals surface area (Å²) in [5, 5.41) is 0.559. The SMILES string of the molecule is C=C1C(=O)OC2CC(C)=C(C(C)CCCOC(C)=O)C(OC(=O)C(C)(C)Oc3ccc(Cl)cc3)C12. The van der Waals surface area contributed by atoms with Gasteiger partial charge < -0.3 is 18.9 Å². The topological polar surface area (TPSA) is 88.1 Å². The number of esters is 3. The van der Waals surface area contributed by atoms with Gasteiger partial charge in [-0.25, -0.2) is 9.59 Å². The molecule has 4 atom stereocenters. The van der Waals surface area contributed by atoms with Gasteiger partial charge in [-0.05, 0) is 69.4 Å². The molecule has 7 nitrogen and oxygen atoms in total. The van der Waals surface area contributed by atoms with Gasteiger partial charge in [0.2, 0.25) is 0 Å². The summed E-state index contributed by atoms with van der Waals surface area (Å²) in [5.41, 5.74) is 0.969. The van der Waals surface area contributed by atoms with Crippen molar-refractivity contribution in [1.82, 2.24) is 0 Å². The molecule has 35 heavy (non-hydrogen) atoms. The summed E-state index contributed by atoms with van der Waals surface area (Å²) in [6.07, 6.45) is 0.797. The number of hydrogen-bond donors (Lipinski definition) is 0. The lowest BCUT2D eigenvalue weighted by atomic mass is 9.73. The Morgan fingerprint density at radius 2 is 1.91 bits per heavy atom. The highest BCUT2D eigenvalue weighted by atomic mass is 35.5. The highest BCUT2D eigenvalue weighted by Gasteiger charge is 2.51. The van der Waals surface area contributed by atoms with Crippen LogP contribution in [0.3, 0.4) is 0 Å². The van der Waals surface area contributed by atoms with Crippen LogP contribution in [0, 0.1) is 11.8 Å². The lowest BCUT2D eigenvalue weighted by Crippen LogP contribution is -2.47. The van der Waals surface area contributed by atoms with Gasteiger partial charge in [-0.3, -0.25) is 4.79 Å². The van der Waals surface area contributed by atoms with Crippen molar-refractivity contribution in [1.29, 1.82) is 0 Å². The number of halogens is 1. The average molecular weight is 505 g/mol. The van der Waals surface area contributed by atoms with Gasteiger partial charge in [0.25, 0.3) is 0 Å². The van der Waals surface area contributed by atoms with E-state index >= 15 is 0 Å². The highest BCUT2D eigenvalue weighted by molar-refractivity contribution is 6.30. The molecule has 4 unspecified atom stereocenters. The number of rotatable bonds is 9. The van der Waals surface area contributed by atoms with Gasteiger partial charge >= 0.3 is 17.9 Å². The Hall–Kier alpha value is -2.80. The predicted molar refractivity (Wildman–Crippen MR) is 131 cm³/mol. The van der Waals surface area contributed by atoms with Gasteiger partial charge in [-0.2, -0.15) is 0 Å². The Bertz CT molecular complexity index is 1020. The van der Waals surface area contributed by atoms with E-state index in [9.17, 15) is 14.4 Å². The zero-order valence-corrected chi connectivity index (χ0v) is 21.6. The second-order valence-electron chi connectivity index (χ2n) is 9.71. The molecule has 0 saturated carbocycles. The van der Waals surface area contributed by atoms with E-state index in [0.29, 0.717) is 35.8 Å². The van der Waals surface area contributed by atoms with Crippen LogP contribution in [0.1, 0.15) is 53.9 Å². The summed E-state index contributed by atoms with van der Waals surface area (Å²) in [7, 11) is 0. The molecular formula is C27H33ClO7. The lowest BCUT2D eigenvalue weighted by molar-refractivity contribution is -0.167. The molecule has 1 heterocycles. The molecule has 0 amide bonds. The first-order chi connectivity index (χ1) is 16.4. The van der Waals surface area contributed by atoms with E-state index < -0.39 is 35.7 Å². The predicted octanol–water partition coefficient (Wildman–Crippen LogP) is 5.21. The number of benzene rings is 1. The quantitative estimate of drug-likeness (QED) is 0.150. The van der Waals surface area contributed by atoms with Gasteiger partial charge in [-0.15, -0.1) is 0 Å². The van der Waals surface area contributed by atoms with Crippen molar-refractivity contribution in [3.05, 3.63) is 52.6 Å². The van der Waals surface area contributed by atoms with Crippen molar-refractivity contribution in [2.24, 2.45) is 11.8 Å². The average Bonchev–Trinajstić information content (AvgIpc) is 3.05. The molecule has 1 aromatic carbocycles. The van der Waals surface area contributed by atoms with E-state index in [1.807, 2.05) is 13.8 Å². The third-order valence-corrected chi connectivity index (χ3v) is 6.74. The fourth-order valence-corrected chi connectivity index (χ4v) is 4.87. The second-order valence-corrected chi connectivity index (χ2v) is 10.1. The molecule has 1 aromatic rings. The van der Waals surface area contributed by atoms with E-state index in [4.69, 9.17) is 30.5 Å². The Labute approximate surface area is 211 Å².